The van der Waals surface area contributed by atoms with E-state index in [1.54, 1.807) is 36.4 Å². The van der Waals surface area contributed by atoms with Crippen LogP contribution in [0.25, 0.3) is 0 Å². The van der Waals surface area contributed by atoms with Crippen molar-refractivity contribution in [3.63, 3.8) is 0 Å². The fourth-order valence-electron chi connectivity index (χ4n) is 3.31. The first-order valence-corrected chi connectivity index (χ1v) is 9.78. The van der Waals surface area contributed by atoms with E-state index < -0.39 is 36.3 Å². The van der Waals surface area contributed by atoms with Crippen LogP contribution in [0.5, 0.6) is 0 Å². The van der Waals surface area contributed by atoms with Gasteiger partial charge < -0.3 is 10.1 Å². The number of amides is 3. The molecule has 0 saturated heterocycles. The number of nitrogens with one attached hydrogen (secondary N) is 1. The molecule has 0 saturated carbocycles. The van der Waals surface area contributed by atoms with Crippen LogP contribution in [-0.4, -0.2) is 41.2 Å². The molecule has 0 bridgehead atoms. The molecular weight excluding hydrogens is 384 g/mol. The van der Waals surface area contributed by atoms with E-state index in [0.29, 0.717) is 5.69 Å². The minimum Gasteiger partial charge on any atom is -0.454 e. The Labute approximate surface area is 175 Å². The Hall–Kier alpha value is -3.48. The number of imide groups is 1. The first-order valence-electron chi connectivity index (χ1n) is 9.78. The van der Waals surface area contributed by atoms with Gasteiger partial charge in [0.05, 0.1) is 11.1 Å². The van der Waals surface area contributed by atoms with Crippen molar-refractivity contribution in [3.8, 4) is 0 Å². The summed E-state index contributed by atoms with van der Waals surface area (Å²) in [5.74, 6) is -2.31. The summed E-state index contributed by atoms with van der Waals surface area (Å²) in [5, 5.41) is 2.64. The summed E-state index contributed by atoms with van der Waals surface area (Å²) in [7, 11) is 0. The summed E-state index contributed by atoms with van der Waals surface area (Å²) in [4.78, 5) is 51.4. The summed E-state index contributed by atoms with van der Waals surface area (Å²) in [6.45, 7) is 5.18. The molecule has 7 nitrogen and oxygen atoms in total. The summed E-state index contributed by atoms with van der Waals surface area (Å²) in [5.41, 5.74) is 2.17. The average Bonchev–Trinajstić information content (AvgIpc) is 2.97. The molecule has 0 aromatic heterocycles. The lowest BCUT2D eigenvalue weighted by atomic mass is 10.0. The molecule has 1 aliphatic rings. The second kappa shape index (κ2) is 8.90. The highest BCUT2D eigenvalue weighted by atomic mass is 16.5. The van der Waals surface area contributed by atoms with Gasteiger partial charge in [-0.1, -0.05) is 43.7 Å². The van der Waals surface area contributed by atoms with Gasteiger partial charge in [0.1, 0.15) is 6.04 Å². The van der Waals surface area contributed by atoms with Crippen LogP contribution in [0.15, 0.2) is 48.5 Å². The van der Waals surface area contributed by atoms with Crippen molar-refractivity contribution in [2.24, 2.45) is 5.92 Å². The van der Waals surface area contributed by atoms with Crippen molar-refractivity contribution in [1.29, 1.82) is 0 Å². The molecule has 7 heteroatoms. The predicted octanol–water partition coefficient (Wildman–Crippen LogP) is 3.19. The van der Waals surface area contributed by atoms with E-state index in [1.165, 1.54) is 0 Å². The normalized spacial score (nSPS) is 13.9. The van der Waals surface area contributed by atoms with Crippen molar-refractivity contribution >= 4 is 29.4 Å². The smallest absolute Gasteiger partial charge is 0.329 e. The van der Waals surface area contributed by atoms with Crippen LogP contribution in [0.3, 0.4) is 0 Å². The lowest BCUT2D eigenvalue weighted by Crippen LogP contribution is -2.46. The van der Waals surface area contributed by atoms with E-state index in [4.69, 9.17) is 4.74 Å². The summed E-state index contributed by atoms with van der Waals surface area (Å²) >= 11 is 0. The molecule has 2 aromatic carbocycles. The number of aryl methyl sites for hydroxylation is 1. The number of carbonyl (C=O) groups is 4. The molecule has 0 fully saturated rings. The first-order chi connectivity index (χ1) is 14.3. The second-order valence-corrected chi connectivity index (χ2v) is 7.69. The number of nitrogens with zero attached hydrogens (tertiary/aromatic N) is 1. The molecule has 1 atom stereocenters. The lowest BCUT2D eigenvalue weighted by molar-refractivity contribution is -0.151. The third-order valence-corrected chi connectivity index (χ3v) is 4.78. The van der Waals surface area contributed by atoms with Gasteiger partial charge in [0.25, 0.3) is 17.7 Å². The van der Waals surface area contributed by atoms with E-state index in [9.17, 15) is 19.2 Å². The summed E-state index contributed by atoms with van der Waals surface area (Å²) in [6.07, 6.45) is 0.240. The van der Waals surface area contributed by atoms with Crippen molar-refractivity contribution < 1.29 is 23.9 Å². The van der Waals surface area contributed by atoms with Gasteiger partial charge in [0.2, 0.25) is 0 Å². The predicted molar refractivity (Wildman–Crippen MR) is 111 cm³/mol. The maximum Gasteiger partial charge on any atom is 0.329 e. The molecule has 1 aliphatic heterocycles. The number of benzene rings is 2. The largest absolute Gasteiger partial charge is 0.454 e. The quantitative estimate of drug-likeness (QED) is 0.561. The molecule has 1 heterocycles. The van der Waals surface area contributed by atoms with Crippen LogP contribution < -0.4 is 5.32 Å². The van der Waals surface area contributed by atoms with Crippen molar-refractivity contribution in [1.82, 2.24) is 4.90 Å². The first kappa shape index (κ1) is 21.2. The number of fused-ring (bicyclic) bond motifs is 1. The van der Waals surface area contributed by atoms with Crippen molar-refractivity contribution in [2.45, 2.75) is 33.2 Å². The number of esters is 1. The Morgan fingerprint density at radius 1 is 0.967 bits per heavy atom. The van der Waals surface area contributed by atoms with E-state index in [2.05, 4.69) is 5.32 Å². The van der Waals surface area contributed by atoms with Crippen LogP contribution in [0, 0.1) is 12.8 Å². The SMILES string of the molecule is Cc1ccc(NC(=O)COC(=O)[C@@H](CC(C)C)N2C(=O)c3ccccc3C2=O)cc1. The van der Waals surface area contributed by atoms with Crippen molar-refractivity contribution in [3.05, 3.63) is 65.2 Å². The van der Waals surface area contributed by atoms with Gasteiger partial charge in [-0.05, 0) is 43.5 Å². The van der Waals surface area contributed by atoms with Crippen molar-refractivity contribution in [2.75, 3.05) is 11.9 Å². The monoisotopic (exact) mass is 408 g/mol. The maximum absolute atomic E-state index is 12.8. The Balaban J connectivity index is 1.69. The van der Waals surface area contributed by atoms with E-state index in [1.807, 2.05) is 32.9 Å². The Morgan fingerprint density at radius 2 is 1.53 bits per heavy atom. The molecule has 3 amide bonds. The minimum atomic E-state index is -1.09. The third-order valence-electron chi connectivity index (χ3n) is 4.78. The maximum atomic E-state index is 12.8. The highest BCUT2D eigenvalue weighted by Crippen LogP contribution is 2.27. The second-order valence-electron chi connectivity index (χ2n) is 7.69. The molecule has 0 radical (unpaired) electrons. The van der Waals surface area contributed by atoms with Crippen LogP contribution in [0.4, 0.5) is 5.69 Å². The van der Waals surface area contributed by atoms with Crippen LogP contribution in [0.2, 0.25) is 0 Å². The number of hydrogen-bond donors (Lipinski definition) is 1. The highest BCUT2D eigenvalue weighted by molar-refractivity contribution is 6.22. The third kappa shape index (κ3) is 4.56. The van der Waals surface area contributed by atoms with Crippen LogP contribution >= 0.6 is 0 Å². The molecule has 0 spiro atoms. The molecule has 3 rings (SSSR count). The highest BCUT2D eigenvalue weighted by Gasteiger charge is 2.43. The van der Waals surface area contributed by atoms with Gasteiger partial charge in [-0.15, -0.1) is 0 Å². The molecule has 1 N–H and O–H groups in total. The zero-order valence-corrected chi connectivity index (χ0v) is 17.2. The molecular formula is C23H24N2O5. The number of carbonyl (C=O) groups excluding carboxylic acids is 4. The Morgan fingerprint density at radius 3 is 2.07 bits per heavy atom. The minimum absolute atomic E-state index is 0.0215. The van der Waals surface area contributed by atoms with Gasteiger partial charge >= 0.3 is 5.97 Å². The van der Waals surface area contributed by atoms with Crippen LogP contribution in [-0.2, 0) is 14.3 Å². The van der Waals surface area contributed by atoms with Gasteiger partial charge in [0, 0.05) is 5.69 Å². The zero-order chi connectivity index (χ0) is 21.8. The van der Waals surface area contributed by atoms with E-state index >= 15 is 0 Å². The fourth-order valence-corrected chi connectivity index (χ4v) is 3.31. The van der Waals surface area contributed by atoms with Gasteiger partial charge in [-0.3, -0.25) is 19.3 Å². The van der Waals surface area contributed by atoms with Crippen LogP contribution in [0.1, 0.15) is 46.5 Å². The van der Waals surface area contributed by atoms with Gasteiger partial charge in [-0.2, -0.15) is 0 Å². The van der Waals surface area contributed by atoms with Gasteiger partial charge in [-0.25, -0.2) is 4.79 Å². The molecule has 0 unspecified atom stereocenters. The van der Waals surface area contributed by atoms with Gasteiger partial charge in [0.15, 0.2) is 6.61 Å². The number of hydrogen-bond acceptors (Lipinski definition) is 5. The molecule has 0 aliphatic carbocycles. The number of rotatable bonds is 7. The zero-order valence-electron chi connectivity index (χ0n) is 17.2. The number of ether oxygens (including phenoxy) is 1. The molecule has 2 aromatic rings. The number of anilines is 1. The Bertz CT molecular complexity index is 946. The summed E-state index contributed by atoms with van der Waals surface area (Å²) < 4.78 is 5.17. The average molecular weight is 408 g/mol. The molecule has 156 valence electrons. The standard InChI is InChI=1S/C23H24N2O5/c1-14(2)12-19(25-21(27)17-6-4-5-7-18(17)22(25)28)23(29)30-13-20(26)24-16-10-8-15(3)9-11-16/h4-11,14,19H,12-13H2,1-3H3,(H,24,26)/t19-/m1/s1. The van der Waals surface area contributed by atoms with E-state index in [0.717, 1.165) is 10.5 Å². The Kier molecular flexibility index (Phi) is 6.30. The molecule has 30 heavy (non-hydrogen) atoms. The fraction of sp³-hybridized carbons (Fsp3) is 0.304. The summed E-state index contributed by atoms with van der Waals surface area (Å²) in [6, 6.07) is 12.5. The van der Waals surface area contributed by atoms with E-state index in [-0.39, 0.29) is 23.5 Å². The topological polar surface area (TPSA) is 92.8 Å². The lowest BCUT2D eigenvalue weighted by Gasteiger charge is -2.25.